The van der Waals surface area contributed by atoms with Gasteiger partial charge in [-0.3, -0.25) is 4.79 Å². The van der Waals surface area contributed by atoms with Gasteiger partial charge < -0.3 is 5.32 Å². The molecule has 1 saturated heterocycles. The standard InChI is InChI=1S/C21H30N2O3S2/c1-27-19-7-9-20(10-8-19)28(25,26)23-15-12-18(13-16-23)21(24)22-14-11-17-5-3-2-4-6-17/h5,7-10,18H,2-4,6,11-16H2,1H3,(H,22,24). The van der Waals surface area contributed by atoms with E-state index in [4.69, 9.17) is 0 Å². The highest BCUT2D eigenvalue weighted by Gasteiger charge is 2.31. The van der Waals surface area contributed by atoms with Gasteiger partial charge in [0.2, 0.25) is 15.9 Å². The summed E-state index contributed by atoms with van der Waals surface area (Å²) in [5, 5.41) is 3.05. The average Bonchev–Trinajstić information content (AvgIpc) is 2.74. The van der Waals surface area contributed by atoms with E-state index in [0.717, 1.165) is 24.2 Å². The lowest BCUT2D eigenvalue weighted by molar-refractivity contribution is -0.126. The van der Waals surface area contributed by atoms with Gasteiger partial charge in [-0.05, 0) is 75.5 Å². The summed E-state index contributed by atoms with van der Waals surface area (Å²) < 4.78 is 27.2. The Morgan fingerprint density at radius 2 is 1.89 bits per heavy atom. The highest BCUT2D eigenvalue weighted by atomic mass is 32.2. The zero-order valence-corrected chi connectivity index (χ0v) is 18.2. The lowest BCUT2D eigenvalue weighted by atomic mass is 9.96. The summed E-state index contributed by atoms with van der Waals surface area (Å²) in [6.45, 7) is 1.48. The van der Waals surface area contributed by atoms with Gasteiger partial charge in [-0.25, -0.2) is 8.42 Å². The van der Waals surface area contributed by atoms with Crippen molar-refractivity contribution in [3.63, 3.8) is 0 Å². The molecule has 154 valence electrons. The average molecular weight is 423 g/mol. The van der Waals surface area contributed by atoms with Crippen LogP contribution < -0.4 is 5.32 Å². The van der Waals surface area contributed by atoms with Crippen molar-refractivity contribution in [2.24, 2.45) is 5.92 Å². The highest BCUT2D eigenvalue weighted by Crippen LogP contribution is 2.26. The van der Waals surface area contributed by atoms with Crippen LogP contribution in [0.25, 0.3) is 0 Å². The molecule has 7 heteroatoms. The number of hydrogen-bond acceptors (Lipinski definition) is 4. The van der Waals surface area contributed by atoms with Gasteiger partial charge in [-0.1, -0.05) is 11.6 Å². The molecule has 3 rings (SSSR count). The Hall–Kier alpha value is -1.31. The molecule has 1 fully saturated rings. The van der Waals surface area contributed by atoms with Crippen molar-refractivity contribution in [3.05, 3.63) is 35.9 Å². The molecule has 0 aromatic heterocycles. The second kappa shape index (κ2) is 9.94. The minimum Gasteiger partial charge on any atom is -0.356 e. The van der Waals surface area contributed by atoms with E-state index in [1.165, 1.54) is 22.7 Å². The molecule has 0 spiro atoms. The van der Waals surface area contributed by atoms with Gasteiger partial charge >= 0.3 is 0 Å². The molecule has 1 aliphatic carbocycles. The molecule has 1 amide bonds. The lowest BCUT2D eigenvalue weighted by Crippen LogP contribution is -2.43. The summed E-state index contributed by atoms with van der Waals surface area (Å²) in [7, 11) is -3.48. The topological polar surface area (TPSA) is 66.5 Å². The van der Waals surface area contributed by atoms with Crippen LogP contribution in [0.2, 0.25) is 0 Å². The van der Waals surface area contributed by atoms with Crippen LogP contribution >= 0.6 is 11.8 Å². The number of carbonyl (C=O) groups is 1. The van der Waals surface area contributed by atoms with E-state index < -0.39 is 10.0 Å². The van der Waals surface area contributed by atoms with Crippen LogP contribution in [-0.4, -0.2) is 44.5 Å². The molecule has 0 bridgehead atoms. The van der Waals surface area contributed by atoms with Crippen molar-refractivity contribution in [2.75, 3.05) is 25.9 Å². The molecule has 28 heavy (non-hydrogen) atoms. The number of piperidine rings is 1. The summed E-state index contributed by atoms with van der Waals surface area (Å²) in [6, 6.07) is 7.00. The summed E-state index contributed by atoms with van der Waals surface area (Å²) in [5.74, 6) is -0.0246. The van der Waals surface area contributed by atoms with Crippen molar-refractivity contribution >= 4 is 27.7 Å². The minimum absolute atomic E-state index is 0.0674. The van der Waals surface area contributed by atoms with Gasteiger partial charge in [0.25, 0.3) is 0 Å². The molecular weight excluding hydrogens is 392 g/mol. The Bertz CT molecular complexity index is 795. The van der Waals surface area contributed by atoms with Gasteiger partial charge in [-0.15, -0.1) is 11.8 Å². The van der Waals surface area contributed by atoms with E-state index in [2.05, 4.69) is 11.4 Å². The molecule has 1 aromatic carbocycles. The predicted molar refractivity (Wildman–Crippen MR) is 114 cm³/mol. The number of allylic oxidation sites excluding steroid dienone is 1. The van der Waals surface area contributed by atoms with Gasteiger partial charge in [0.05, 0.1) is 4.90 Å². The zero-order valence-electron chi connectivity index (χ0n) is 16.5. The minimum atomic E-state index is -3.48. The maximum atomic E-state index is 12.8. The number of rotatable bonds is 7. The van der Waals surface area contributed by atoms with Crippen molar-refractivity contribution < 1.29 is 13.2 Å². The van der Waals surface area contributed by atoms with E-state index in [-0.39, 0.29) is 11.8 Å². The SMILES string of the molecule is CSc1ccc(S(=O)(=O)N2CCC(C(=O)NCCC3=CCCCC3)CC2)cc1. The first-order valence-corrected chi connectivity index (χ1v) is 12.8. The summed E-state index contributed by atoms with van der Waals surface area (Å²) >= 11 is 1.59. The highest BCUT2D eigenvalue weighted by molar-refractivity contribution is 7.98. The molecule has 1 N–H and O–H groups in total. The third kappa shape index (κ3) is 5.39. The predicted octanol–water partition coefficient (Wildman–Crippen LogP) is 3.82. The van der Waals surface area contributed by atoms with Gasteiger partial charge in [-0.2, -0.15) is 4.31 Å². The molecule has 0 atom stereocenters. The van der Waals surface area contributed by atoms with Crippen LogP contribution in [0.5, 0.6) is 0 Å². The fourth-order valence-corrected chi connectivity index (χ4v) is 5.76. The third-order valence-corrected chi connectivity index (χ3v) is 8.31. The van der Waals surface area contributed by atoms with Gasteiger partial charge in [0.15, 0.2) is 0 Å². The maximum absolute atomic E-state index is 12.8. The molecule has 1 aliphatic heterocycles. The first-order chi connectivity index (χ1) is 13.5. The Morgan fingerprint density at radius 1 is 1.18 bits per heavy atom. The van der Waals surface area contributed by atoms with E-state index >= 15 is 0 Å². The molecule has 2 aliphatic rings. The smallest absolute Gasteiger partial charge is 0.243 e. The molecular formula is C21H30N2O3S2. The van der Waals surface area contributed by atoms with Crippen LogP contribution in [0.15, 0.2) is 45.7 Å². The fraction of sp³-hybridized carbons (Fsp3) is 0.571. The number of benzene rings is 1. The van der Waals surface area contributed by atoms with E-state index in [1.54, 1.807) is 23.9 Å². The first kappa shape index (κ1) is 21.4. The number of hydrogen-bond donors (Lipinski definition) is 1. The Labute approximate surface area is 173 Å². The number of thioether (sulfide) groups is 1. The maximum Gasteiger partial charge on any atom is 0.243 e. The second-order valence-electron chi connectivity index (χ2n) is 7.50. The fourth-order valence-electron chi connectivity index (χ4n) is 3.88. The van der Waals surface area contributed by atoms with Crippen molar-refractivity contribution in [2.45, 2.75) is 54.7 Å². The lowest BCUT2D eigenvalue weighted by Gasteiger charge is -2.30. The second-order valence-corrected chi connectivity index (χ2v) is 10.3. The number of amides is 1. The van der Waals surface area contributed by atoms with Gasteiger partial charge in [0.1, 0.15) is 0 Å². The normalized spacial score (nSPS) is 19.2. The van der Waals surface area contributed by atoms with Crippen molar-refractivity contribution in [1.29, 1.82) is 0 Å². The largest absolute Gasteiger partial charge is 0.356 e. The van der Waals surface area contributed by atoms with Gasteiger partial charge in [0, 0.05) is 30.4 Å². The number of nitrogens with one attached hydrogen (secondary N) is 1. The molecule has 1 aromatic rings. The zero-order chi connectivity index (χ0) is 20.0. The first-order valence-electron chi connectivity index (χ1n) is 10.1. The van der Waals surface area contributed by atoms with Crippen LogP contribution in [0.4, 0.5) is 0 Å². The van der Waals surface area contributed by atoms with E-state index in [1.807, 2.05) is 18.4 Å². The summed E-state index contributed by atoms with van der Waals surface area (Å²) in [6.07, 6.45) is 11.2. The van der Waals surface area contributed by atoms with E-state index in [0.29, 0.717) is 37.4 Å². The van der Waals surface area contributed by atoms with Crippen molar-refractivity contribution in [3.8, 4) is 0 Å². The molecule has 1 heterocycles. The molecule has 5 nitrogen and oxygen atoms in total. The molecule has 0 unspecified atom stereocenters. The Morgan fingerprint density at radius 3 is 2.50 bits per heavy atom. The van der Waals surface area contributed by atoms with Crippen LogP contribution in [0, 0.1) is 5.92 Å². The third-order valence-electron chi connectivity index (χ3n) is 5.65. The van der Waals surface area contributed by atoms with Crippen LogP contribution in [0.1, 0.15) is 44.9 Å². The van der Waals surface area contributed by atoms with Crippen LogP contribution in [-0.2, 0) is 14.8 Å². The number of carbonyl (C=O) groups excluding carboxylic acids is 1. The Balaban J connectivity index is 1.47. The van der Waals surface area contributed by atoms with Crippen molar-refractivity contribution in [1.82, 2.24) is 9.62 Å². The number of sulfonamides is 1. The summed E-state index contributed by atoms with van der Waals surface area (Å²) in [4.78, 5) is 13.8. The van der Waals surface area contributed by atoms with E-state index in [9.17, 15) is 13.2 Å². The quantitative estimate of drug-likeness (QED) is 0.536. The molecule has 0 saturated carbocycles. The monoisotopic (exact) mass is 422 g/mol. The Kier molecular flexibility index (Phi) is 7.60. The summed E-state index contributed by atoms with van der Waals surface area (Å²) in [5.41, 5.74) is 1.46. The van der Waals surface area contributed by atoms with Crippen LogP contribution in [0.3, 0.4) is 0 Å². The number of nitrogens with zero attached hydrogens (tertiary/aromatic N) is 1. The molecule has 0 radical (unpaired) electrons.